The van der Waals surface area contributed by atoms with Crippen molar-refractivity contribution in [2.75, 3.05) is 32.1 Å². The third-order valence-corrected chi connectivity index (χ3v) is 7.11. The number of methoxy groups -OCH3 is 1. The van der Waals surface area contributed by atoms with Crippen molar-refractivity contribution in [3.63, 3.8) is 0 Å². The number of fused-ring (bicyclic) bond motifs is 4. The van der Waals surface area contributed by atoms with Crippen LogP contribution in [0.1, 0.15) is 42.0 Å². The van der Waals surface area contributed by atoms with Crippen LogP contribution in [0.25, 0.3) is 32.8 Å². The Kier molecular flexibility index (Phi) is 4.79. The molecule has 0 spiro atoms. The molecule has 0 saturated carbocycles. The number of aryl methyl sites for hydroxylation is 1. The summed E-state index contributed by atoms with van der Waals surface area (Å²) in [5.74, 6) is -0.184. The number of hydrogen-bond acceptors (Lipinski definition) is 4. The zero-order chi connectivity index (χ0) is 26.0. The lowest BCUT2D eigenvalue weighted by Crippen LogP contribution is -2.55. The average Bonchev–Trinajstić information content (AvgIpc) is 3.16. The molecule has 180 valence electrons. The van der Waals surface area contributed by atoms with Gasteiger partial charge in [-0.2, -0.15) is 0 Å². The first kappa shape index (κ1) is 20.3. The lowest BCUT2D eigenvalue weighted by atomic mass is 10.0. The molecule has 34 heavy (non-hydrogen) atoms. The molecule has 5 rings (SSSR count). The fourth-order valence-electron chi connectivity index (χ4n) is 5.45. The third kappa shape index (κ3) is 3.21. The van der Waals surface area contributed by atoms with Crippen LogP contribution < -0.4 is 15.1 Å². The van der Waals surface area contributed by atoms with Crippen molar-refractivity contribution >= 4 is 38.5 Å². The Morgan fingerprint density at radius 2 is 1.88 bits per heavy atom. The summed E-state index contributed by atoms with van der Waals surface area (Å²) in [5.41, 5.74) is 2.86. The highest BCUT2D eigenvalue weighted by Gasteiger charge is 2.32. The van der Waals surface area contributed by atoms with Gasteiger partial charge in [0, 0.05) is 44.9 Å². The molecule has 1 aliphatic heterocycles. The van der Waals surface area contributed by atoms with Gasteiger partial charge in [-0.05, 0) is 59.3 Å². The second-order valence-corrected chi connectivity index (χ2v) is 9.88. The van der Waals surface area contributed by atoms with Crippen LogP contribution in [-0.2, 0) is 0 Å². The molecular weight excluding hydrogens is 431 g/mol. The summed E-state index contributed by atoms with van der Waals surface area (Å²) in [6, 6.07) is 7.21. The van der Waals surface area contributed by atoms with Crippen LogP contribution in [0.15, 0.2) is 29.1 Å². The molecule has 6 nitrogen and oxygen atoms in total. The van der Waals surface area contributed by atoms with Gasteiger partial charge in [0.1, 0.15) is 17.1 Å². The van der Waals surface area contributed by atoms with E-state index in [1.54, 1.807) is 6.07 Å². The van der Waals surface area contributed by atoms with Crippen LogP contribution in [-0.4, -0.2) is 53.7 Å². The minimum absolute atomic E-state index is 0.123. The monoisotopic (exact) mass is 466 g/mol. The first-order chi connectivity index (χ1) is 17.0. The highest BCUT2D eigenvalue weighted by molar-refractivity contribution is 6.10. The van der Waals surface area contributed by atoms with E-state index in [0.29, 0.717) is 35.6 Å². The molecule has 0 bridgehead atoms. The van der Waals surface area contributed by atoms with Gasteiger partial charge in [-0.25, -0.2) is 4.39 Å². The van der Waals surface area contributed by atoms with Crippen molar-refractivity contribution < 1.29 is 11.9 Å². The normalized spacial score (nSPS) is 20.7. The number of pyridine rings is 1. The van der Waals surface area contributed by atoms with Crippen LogP contribution in [0.4, 0.5) is 10.1 Å². The van der Waals surface area contributed by atoms with E-state index in [9.17, 15) is 4.79 Å². The lowest BCUT2D eigenvalue weighted by Gasteiger charge is -2.44. The fraction of sp³-hybridized carbons (Fsp3) is 0.444. The zero-order valence-corrected chi connectivity index (χ0v) is 20.6. The van der Waals surface area contributed by atoms with E-state index in [1.807, 2.05) is 67.2 Å². The SMILES string of the molecule is [2H]C([2H])N1[C@H](C)CN(c2c(OC)cc3c(=O)c4c5ccc(C)cc5[nH]c4n(C(C)C)c3c2F)C[C@@H]1C. The van der Waals surface area contributed by atoms with Crippen molar-refractivity contribution in [1.82, 2.24) is 14.5 Å². The molecule has 1 N–H and O–H groups in total. The molecule has 1 fully saturated rings. The number of benzene rings is 2. The Balaban J connectivity index is 1.83. The average molecular weight is 467 g/mol. The second-order valence-electron chi connectivity index (χ2n) is 9.88. The molecule has 4 aromatic rings. The van der Waals surface area contributed by atoms with E-state index < -0.39 is 12.8 Å². The number of anilines is 1. The lowest BCUT2D eigenvalue weighted by molar-refractivity contribution is 0.169. The van der Waals surface area contributed by atoms with Gasteiger partial charge in [-0.15, -0.1) is 0 Å². The number of likely N-dealkylation sites (N-methyl/N-ethyl adjacent to an activating group) is 1. The molecule has 2 aromatic carbocycles. The smallest absolute Gasteiger partial charge is 0.199 e. The van der Waals surface area contributed by atoms with Crippen molar-refractivity contribution in [1.29, 1.82) is 0 Å². The molecule has 0 amide bonds. The number of piperazine rings is 1. The molecular formula is C27H33FN4O2. The largest absolute Gasteiger partial charge is 0.494 e. The van der Waals surface area contributed by atoms with Gasteiger partial charge in [-0.1, -0.05) is 12.1 Å². The van der Waals surface area contributed by atoms with Crippen molar-refractivity contribution in [2.24, 2.45) is 0 Å². The zero-order valence-electron chi connectivity index (χ0n) is 22.6. The van der Waals surface area contributed by atoms with Crippen molar-refractivity contribution in [3.8, 4) is 5.75 Å². The molecule has 2 aromatic heterocycles. The van der Waals surface area contributed by atoms with E-state index in [4.69, 9.17) is 7.48 Å². The third-order valence-electron chi connectivity index (χ3n) is 7.11. The maximum atomic E-state index is 16.7. The summed E-state index contributed by atoms with van der Waals surface area (Å²) in [4.78, 5) is 21.0. The summed E-state index contributed by atoms with van der Waals surface area (Å²) in [7, 11) is 1.49. The van der Waals surface area contributed by atoms with E-state index >= 15 is 4.39 Å². The minimum Gasteiger partial charge on any atom is -0.494 e. The minimum atomic E-state index is -1.09. The predicted octanol–water partition coefficient (Wildman–Crippen LogP) is 5.20. The highest BCUT2D eigenvalue weighted by Crippen LogP contribution is 2.40. The summed E-state index contributed by atoms with van der Waals surface area (Å²) >= 11 is 0. The van der Waals surface area contributed by atoms with E-state index in [2.05, 4.69) is 4.98 Å². The summed E-state index contributed by atoms with van der Waals surface area (Å²) < 4.78 is 40.0. The second kappa shape index (κ2) is 8.01. The molecule has 1 aliphatic rings. The number of ether oxygens (including phenoxy) is 1. The standard InChI is InChI=1S/C27H33FN4O2/c1-14(2)32-24-19(26(33)22-18-9-8-15(3)10-20(18)29-27(22)32)11-21(34-7)25(23(24)28)31-12-16(4)30(6)17(5)13-31/h8-11,14,16-17,29H,12-13H2,1-7H3/t16-,17+/i6D2. The molecule has 0 unspecified atom stereocenters. The Bertz CT molecular complexity index is 1530. The summed E-state index contributed by atoms with van der Waals surface area (Å²) in [6.07, 6.45) is 0. The van der Waals surface area contributed by atoms with Crippen LogP contribution in [0.5, 0.6) is 5.75 Å². The number of nitrogens with zero attached hydrogens (tertiary/aromatic N) is 3. The van der Waals surface area contributed by atoms with Gasteiger partial charge in [0.25, 0.3) is 0 Å². The molecule has 1 saturated heterocycles. The number of aromatic amines is 1. The first-order valence-corrected chi connectivity index (χ1v) is 11.8. The quantitative estimate of drug-likeness (QED) is 0.451. The number of nitrogens with one attached hydrogen (secondary N) is 1. The van der Waals surface area contributed by atoms with Crippen LogP contribution in [0.3, 0.4) is 0 Å². The Morgan fingerprint density at radius 3 is 2.50 bits per heavy atom. The Labute approximate surface area is 201 Å². The predicted molar refractivity (Wildman–Crippen MR) is 138 cm³/mol. The van der Waals surface area contributed by atoms with Gasteiger partial charge in [0.05, 0.1) is 23.4 Å². The van der Waals surface area contributed by atoms with Gasteiger partial charge in [-0.3, -0.25) is 9.69 Å². The van der Waals surface area contributed by atoms with Crippen LogP contribution in [0, 0.1) is 12.7 Å². The molecule has 7 heteroatoms. The summed E-state index contributed by atoms with van der Waals surface area (Å²) in [6.45, 7) is 9.65. The number of halogens is 1. The first-order valence-electron chi connectivity index (χ1n) is 12.9. The molecule has 0 aliphatic carbocycles. The van der Waals surface area contributed by atoms with Gasteiger partial charge < -0.3 is 19.2 Å². The van der Waals surface area contributed by atoms with E-state index in [-0.39, 0.29) is 34.5 Å². The number of aromatic nitrogens is 2. The highest BCUT2D eigenvalue weighted by atomic mass is 19.1. The van der Waals surface area contributed by atoms with E-state index in [1.165, 1.54) is 7.11 Å². The topological polar surface area (TPSA) is 53.5 Å². The molecule has 2 atom stereocenters. The number of hydrogen-bond donors (Lipinski definition) is 1. The Hall–Kier alpha value is -3.06. The van der Waals surface area contributed by atoms with Crippen LogP contribution in [0.2, 0.25) is 0 Å². The summed E-state index contributed by atoms with van der Waals surface area (Å²) in [5, 5.41) is 1.65. The van der Waals surface area contributed by atoms with Gasteiger partial charge >= 0.3 is 0 Å². The van der Waals surface area contributed by atoms with Crippen molar-refractivity contribution in [2.45, 2.75) is 52.7 Å². The number of H-pyrrole nitrogens is 1. The van der Waals surface area contributed by atoms with Crippen molar-refractivity contribution in [3.05, 3.63) is 45.9 Å². The maximum Gasteiger partial charge on any atom is 0.199 e. The van der Waals surface area contributed by atoms with E-state index in [0.717, 1.165) is 16.5 Å². The number of rotatable bonds is 3. The maximum absolute atomic E-state index is 16.7. The molecule has 0 radical (unpaired) electrons. The van der Waals surface area contributed by atoms with Gasteiger partial charge in [0.15, 0.2) is 11.2 Å². The Morgan fingerprint density at radius 1 is 1.18 bits per heavy atom. The fourth-order valence-corrected chi connectivity index (χ4v) is 5.45. The van der Waals surface area contributed by atoms with Crippen LogP contribution >= 0.6 is 0 Å². The molecule has 3 heterocycles. The van der Waals surface area contributed by atoms with Gasteiger partial charge in [0.2, 0.25) is 0 Å².